The maximum atomic E-state index is 13.8. The van der Waals surface area contributed by atoms with E-state index in [0.29, 0.717) is 28.4 Å². The number of carbonyl (C=O) groups excluding carboxylic acids is 2. The molecule has 1 aliphatic rings. The van der Waals surface area contributed by atoms with Crippen LogP contribution in [0.2, 0.25) is 0 Å². The quantitative estimate of drug-likeness (QED) is 0.670. The second-order valence-electron chi connectivity index (χ2n) is 6.61. The molecule has 7 heteroatoms. The Labute approximate surface area is 172 Å². The van der Waals surface area contributed by atoms with Crippen LogP contribution in [0, 0.1) is 12.7 Å². The van der Waals surface area contributed by atoms with Gasteiger partial charge in [0.2, 0.25) is 0 Å². The summed E-state index contributed by atoms with van der Waals surface area (Å²) >= 11 is 1.38. The van der Waals surface area contributed by atoms with E-state index in [-0.39, 0.29) is 11.5 Å². The fourth-order valence-corrected chi connectivity index (χ4v) is 4.20. The van der Waals surface area contributed by atoms with Gasteiger partial charge in [0, 0.05) is 28.9 Å². The van der Waals surface area contributed by atoms with Crippen molar-refractivity contribution in [1.29, 1.82) is 0 Å². The number of carbonyl (C=O) groups is 2. The third-order valence-electron chi connectivity index (χ3n) is 4.71. The Morgan fingerprint density at radius 2 is 2.03 bits per heavy atom. The highest BCUT2D eigenvalue weighted by Gasteiger charge is 2.27. The molecule has 0 radical (unpaired) electrons. The summed E-state index contributed by atoms with van der Waals surface area (Å²) in [5.41, 5.74) is 2.60. The van der Waals surface area contributed by atoms with Crippen molar-refractivity contribution >= 4 is 35.0 Å². The number of aryl methyl sites for hydroxylation is 1. The molecule has 0 unspecified atom stereocenters. The van der Waals surface area contributed by atoms with Crippen molar-refractivity contribution in [1.82, 2.24) is 4.98 Å². The molecule has 0 saturated carbocycles. The molecule has 0 atom stereocenters. The van der Waals surface area contributed by atoms with E-state index in [1.54, 1.807) is 54.4 Å². The van der Waals surface area contributed by atoms with Crippen LogP contribution < -0.4 is 10.2 Å². The van der Waals surface area contributed by atoms with Gasteiger partial charge in [-0.1, -0.05) is 17.8 Å². The molecular formula is C22H18FN3O2S. The van der Waals surface area contributed by atoms with Crippen LogP contribution in [0.4, 0.5) is 15.8 Å². The fraction of sp³-hybridized carbons (Fsp3) is 0.136. The lowest BCUT2D eigenvalue weighted by Crippen LogP contribution is -2.30. The van der Waals surface area contributed by atoms with Gasteiger partial charge in [-0.2, -0.15) is 0 Å². The second kappa shape index (κ2) is 7.67. The summed E-state index contributed by atoms with van der Waals surface area (Å²) in [5.74, 6) is -0.923. The molecule has 29 heavy (non-hydrogen) atoms. The minimum Gasteiger partial charge on any atom is -0.322 e. The van der Waals surface area contributed by atoms with Gasteiger partial charge >= 0.3 is 0 Å². The van der Waals surface area contributed by atoms with Gasteiger partial charge in [0.15, 0.2) is 0 Å². The number of aromatic nitrogens is 1. The molecule has 3 aromatic rings. The van der Waals surface area contributed by atoms with E-state index < -0.39 is 11.7 Å². The van der Waals surface area contributed by atoms with Crippen LogP contribution in [0.3, 0.4) is 0 Å². The Bertz CT molecular complexity index is 1130. The predicted molar refractivity (Wildman–Crippen MR) is 111 cm³/mol. The summed E-state index contributed by atoms with van der Waals surface area (Å²) < 4.78 is 13.8. The minimum atomic E-state index is -0.421. The van der Waals surface area contributed by atoms with Crippen LogP contribution in [-0.4, -0.2) is 23.3 Å². The average Bonchev–Trinajstić information content (AvgIpc) is 2.83. The number of nitrogens with zero attached hydrogens (tertiary/aromatic N) is 2. The van der Waals surface area contributed by atoms with Crippen LogP contribution in [0.15, 0.2) is 64.6 Å². The minimum absolute atomic E-state index is 0.103. The maximum absolute atomic E-state index is 13.8. The fourth-order valence-electron chi connectivity index (χ4n) is 3.14. The summed E-state index contributed by atoms with van der Waals surface area (Å²) in [6.45, 7) is 4.07. The van der Waals surface area contributed by atoms with Crippen molar-refractivity contribution in [3.63, 3.8) is 0 Å². The largest absolute Gasteiger partial charge is 0.322 e. The van der Waals surface area contributed by atoms with Crippen molar-refractivity contribution in [3.8, 4) is 0 Å². The van der Waals surface area contributed by atoms with Gasteiger partial charge in [0.1, 0.15) is 10.8 Å². The van der Waals surface area contributed by atoms with E-state index in [4.69, 9.17) is 0 Å². The molecule has 2 amide bonds. The summed E-state index contributed by atoms with van der Waals surface area (Å²) in [7, 11) is 0. The zero-order valence-corrected chi connectivity index (χ0v) is 16.7. The number of rotatable bonds is 3. The van der Waals surface area contributed by atoms with E-state index in [1.165, 1.54) is 17.8 Å². The molecule has 2 aromatic carbocycles. The molecule has 5 nitrogen and oxygen atoms in total. The average molecular weight is 407 g/mol. The molecule has 2 heterocycles. The molecule has 1 aromatic heterocycles. The van der Waals surface area contributed by atoms with Crippen LogP contribution in [0.5, 0.6) is 0 Å². The zero-order valence-electron chi connectivity index (χ0n) is 15.9. The molecule has 0 saturated heterocycles. The SMILES string of the molecule is CCN1C(=O)c2cccnc2Sc2cc(NC(=O)c3ccc(C)c(F)c3)ccc21. The first kappa shape index (κ1) is 19.1. The molecule has 1 N–H and O–H groups in total. The summed E-state index contributed by atoms with van der Waals surface area (Å²) in [6, 6.07) is 13.2. The second-order valence-corrected chi connectivity index (χ2v) is 7.64. The van der Waals surface area contributed by atoms with Crippen molar-refractivity contribution in [2.45, 2.75) is 23.8 Å². The number of halogens is 1. The number of amides is 2. The van der Waals surface area contributed by atoms with E-state index in [9.17, 15) is 14.0 Å². The van der Waals surface area contributed by atoms with Crippen LogP contribution in [0.25, 0.3) is 0 Å². The first-order valence-corrected chi connectivity index (χ1v) is 9.96. The van der Waals surface area contributed by atoms with Gasteiger partial charge in [-0.3, -0.25) is 9.59 Å². The van der Waals surface area contributed by atoms with Crippen molar-refractivity contribution in [2.75, 3.05) is 16.8 Å². The number of anilines is 2. The van der Waals surface area contributed by atoms with Gasteiger partial charge in [-0.25, -0.2) is 9.37 Å². The number of hydrogen-bond acceptors (Lipinski definition) is 4. The van der Waals surface area contributed by atoms with Crippen LogP contribution in [-0.2, 0) is 0 Å². The van der Waals surface area contributed by atoms with E-state index in [0.717, 1.165) is 10.6 Å². The van der Waals surface area contributed by atoms with Gasteiger partial charge in [0.05, 0.1) is 11.3 Å². The van der Waals surface area contributed by atoms with Crippen molar-refractivity contribution in [2.24, 2.45) is 0 Å². The van der Waals surface area contributed by atoms with Gasteiger partial charge in [0.25, 0.3) is 11.8 Å². The molecule has 0 fully saturated rings. The molecule has 1 aliphatic heterocycles. The summed E-state index contributed by atoms with van der Waals surface area (Å²) in [4.78, 5) is 32.3. The highest BCUT2D eigenvalue weighted by molar-refractivity contribution is 7.99. The standard InChI is InChI=1S/C22H18FN3O2S/c1-3-26-18-9-8-15(25-20(27)14-7-6-13(2)17(23)11-14)12-19(18)29-21-16(22(26)28)5-4-10-24-21/h4-12H,3H2,1-2H3,(H,25,27). The highest BCUT2D eigenvalue weighted by Crippen LogP contribution is 2.41. The number of fused-ring (bicyclic) bond motifs is 2. The first-order valence-electron chi connectivity index (χ1n) is 9.14. The van der Waals surface area contributed by atoms with Gasteiger partial charge < -0.3 is 10.2 Å². The van der Waals surface area contributed by atoms with Gasteiger partial charge in [-0.15, -0.1) is 0 Å². The molecule has 0 spiro atoms. The molecule has 146 valence electrons. The lowest BCUT2D eigenvalue weighted by molar-refractivity contribution is 0.0983. The summed E-state index contributed by atoms with van der Waals surface area (Å²) in [6.07, 6.45) is 1.65. The Morgan fingerprint density at radius 1 is 1.21 bits per heavy atom. The molecule has 0 bridgehead atoms. The van der Waals surface area contributed by atoms with Crippen molar-refractivity contribution < 1.29 is 14.0 Å². The maximum Gasteiger partial charge on any atom is 0.261 e. The third kappa shape index (κ3) is 3.61. The number of nitrogens with one attached hydrogen (secondary N) is 1. The molecule has 0 aliphatic carbocycles. The first-order chi connectivity index (χ1) is 14.0. The molecular weight excluding hydrogens is 389 g/mol. The Morgan fingerprint density at radius 3 is 2.79 bits per heavy atom. The van der Waals surface area contributed by atoms with E-state index in [1.807, 2.05) is 13.0 Å². The number of pyridine rings is 1. The van der Waals surface area contributed by atoms with Crippen molar-refractivity contribution in [3.05, 3.63) is 77.2 Å². The lowest BCUT2D eigenvalue weighted by Gasteiger charge is -2.21. The smallest absolute Gasteiger partial charge is 0.261 e. The van der Waals surface area contributed by atoms with Crippen LogP contribution in [0.1, 0.15) is 33.2 Å². The number of hydrogen-bond donors (Lipinski definition) is 1. The van der Waals surface area contributed by atoms with Gasteiger partial charge in [-0.05, 0) is 61.9 Å². The monoisotopic (exact) mass is 407 g/mol. The zero-order chi connectivity index (χ0) is 20.5. The lowest BCUT2D eigenvalue weighted by atomic mass is 10.1. The number of benzene rings is 2. The summed E-state index contributed by atoms with van der Waals surface area (Å²) in [5, 5.41) is 3.42. The highest BCUT2D eigenvalue weighted by atomic mass is 32.2. The van der Waals surface area contributed by atoms with Crippen LogP contribution >= 0.6 is 11.8 Å². The topological polar surface area (TPSA) is 62.3 Å². The third-order valence-corrected chi connectivity index (χ3v) is 5.78. The predicted octanol–water partition coefficient (Wildman–Crippen LogP) is 4.91. The Balaban J connectivity index is 1.68. The Kier molecular flexibility index (Phi) is 5.07. The normalized spacial score (nSPS) is 12.8. The Hall–Kier alpha value is -3.19. The molecule has 4 rings (SSSR count). The van der Waals surface area contributed by atoms with E-state index >= 15 is 0 Å². The van der Waals surface area contributed by atoms with E-state index in [2.05, 4.69) is 10.3 Å².